The number of ether oxygens (including phenoxy) is 1. The van der Waals surface area contributed by atoms with Gasteiger partial charge >= 0.3 is 0 Å². The third-order valence-corrected chi connectivity index (χ3v) is 7.07. The zero-order chi connectivity index (χ0) is 26.7. The summed E-state index contributed by atoms with van der Waals surface area (Å²) in [7, 11) is 5.03. The van der Waals surface area contributed by atoms with E-state index >= 15 is 0 Å². The van der Waals surface area contributed by atoms with Crippen molar-refractivity contribution < 1.29 is 19.1 Å². The van der Waals surface area contributed by atoms with Gasteiger partial charge in [0.2, 0.25) is 11.8 Å². The van der Waals surface area contributed by atoms with Crippen molar-refractivity contribution >= 4 is 23.4 Å². The zero-order valence-electron chi connectivity index (χ0n) is 23.0. The van der Waals surface area contributed by atoms with Gasteiger partial charge in [0.1, 0.15) is 12.3 Å². The molecule has 7 nitrogen and oxygen atoms in total. The Kier molecular flexibility index (Phi) is 8.58. The normalized spacial score (nSPS) is 17.8. The van der Waals surface area contributed by atoms with Gasteiger partial charge < -0.3 is 19.9 Å². The molecule has 0 spiro atoms. The van der Waals surface area contributed by atoms with Gasteiger partial charge in [-0.05, 0) is 55.0 Å². The van der Waals surface area contributed by atoms with Gasteiger partial charge in [0.25, 0.3) is 5.91 Å². The van der Waals surface area contributed by atoms with Crippen LogP contribution in [-0.2, 0) is 14.4 Å². The van der Waals surface area contributed by atoms with E-state index in [1.54, 1.807) is 34.2 Å². The minimum atomic E-state index is -0.397. The van der Waals surface area contributed by atoms with Crippen LogP contribution in [0.4, 0.5) is 5.69 Å². The standard InChI is InChI=1S/C28H41N3O4/c1-11-24(33)31(21-14-18(2)25(35-10)19(3)15-21)17-23(32)29-22-16-20(26(34)30(8)9)12-13-28(22,7)27(4,5)6/h12,14-16H,11,13,17H2,1-10H3,(H,29,32). The summed E-state index contributed by atoms with van der Waals surface area (Å²) >= 11 is 0. The molecule has 1 aromatic rings. The molecule has 1 aliphatic carbocycles. The van der Waals surface area contributed by atoms with Crippen molar-refractivity contribution in [3.63, 3.8) is 0 Å². The number of hydrogen-bond donors (Lipinski definition) is 1. The fourth-order valence-corrected chi connectivity index (χ4v) is 4.34. The average molecular weight is 484 g/mol. The van der Waals surface area contributed by atoms with Crippen LogP contribution in [0.5, 0.6) is 5.75 Å². The Morgan fingerprint density at radius 1 is 1.11 bits per heavy atom. The first kappa shape index (κ1) is 28.1. The van der Waals surface area contributed by atoms with Crippen molar-refractivity contribution in [1.82, 2.24) is 10.2 Å². The summed E-state index contributed by atoms with van der Waals surface area (Å²) < 4.78 is 5.45. The van der Waals surface area contributed by atoms with Crippen LogP contribution in [0.2, 0.25) is 0 Å². The number of rotatable bonds is 7. The van der Waals surface area contributed by atoms with Gasteiger partial charge in [-0.15, -0.1) is 0 Å². The molecular weight excluding hydrogens is 442 g/mol. The molecule has 3 amide bonds. The molecule has 0 bridgehead atoms. The van der Waals surface area contributed by atoms with Gasteiger partial charge in [-0.3, -0.25) is 14.4 Å². The smallest absolute Gasteiger partial charge is 0.253 e. The first-order valence-corrected chi connectivity index (χ1v) is 12.1. The number of anilines is 1. The predicted octanol–water partition coefficient (Wildman–Crippen LogP) is 4.53. The Labute approximate surface area is 210 Å². The minimum Gasteiger partial charge on any atom is -0.496 e. The lowest BCUT2D eigenvalue weighted by Gasteiger charge is -2.45. The molecule has 1 N–H and O–H groups in total. The van der Waals surface area contributed by atoms with Crippen molar-refractivity contribution in [2.45, 2.75) is 61.3 Å². The fraction of sp³-hybridized carbons (Fsp3) is 0.536. The Balaban J connectivity index is 2.41. The zero-order valence-corrected chi connectivity index (χ0v) is 23.0. The van der Waals surface area contributed by atoms with Crippen LogP contribution >= 0.6 is 0 Å². The number of aryl methyl sites for hydroxylation is 2. The lowest BCUT2D eigenvalue weighted by molar-refractivity contribution is -0.124. The van der Waals surface area contributed by atoms with E-state index < -0.39 is 5.41 Å². The second kappa shape index (κ2) is 10.7. The molecule has 1 unspecified atom stereocenters. The molecule has 0 saturated heterocycles. The Morgan fingerprint density at radius 2 is 1.69 bits per heavy atom. The van der Waals surface area contributed by atoms with Crippen LogP contribution in [0.1, 0.15) is 58.6 Å². The SMILES string of the molecule is CCC(=O)N(CC(=O)NC1=CC(C(=O)N(C)C)=CCC1(C)C(C)(C)C)c1cc(C)c(OC)c(C)c1. The summed E-state index contributed by atoms with van der Waals surface area (Å²) in [6.07, 6.45) is 4.61. The Bertz CT molecular complexity index is 1040. The van der Waals surface area contributed by atoms with Crippen LogP contribution in [-0.4, -0.2) is 50.4 Å². The van der Waals surface area contributed by atoms with Gasteiger partial charge in [0, 0.05) is 42.9 Å². The van der Waals surface area contributed by atoms with Crippen LogP contribution in [0.25, 0.3) is 0 Å². The van der Waals surface area contributed by atoms with E-state index in [0.29, 0.717) is 23.4 Å². The number of carbonyl (C=O) groups excluding carboxylic acids is 3. The van der Waals surface area contributed by atoms with Crippen molar-refractivity contribution in [2.75, 3.05) is 32.6 Å². The number of amides is 3. The highest BCUT2D eigenvalue weighted by Gasteiger charge is 2.43. The predicted molar refractivity (Wildman–Crippen MR) is 140 cm³/mol. The van der Waals surface area contributed by atoms with E-state index in [9.17, 15) is 14.4 Å². The molecule has 7 heteroatoms. The first-order valence-electron chi connectivity index (χ1n) is 12.1. The maximum Gasteiger partial charge on any atom is 0.253 e. The number of likely N-dealkylation sites (N-methyl/N-ethyl adjacent to an activating group) is 1. The van der Waals surface area contributed by atoms with Crippen molar-refractivity contribution in [3.8, 4) is 5.75 Å². The summed E-state index contributed by atoms with van der Waals surface area (Å²) in [6, 6.07) is 3.73. The van der Waals surface area contributed by atoms with Crippen LogP contribution in [0.3, 0.4) is 0 Å². The van der Waals surface area contributed by atoms with E-state index in [0.717, 1.165) is 16.9 Å². The molecule has 2 rings (SSSR count). The van der Waals surface area contributed by atoms with E-state index in [-0.39, 0.29) is 36.1 Å². The van der Waals surface area contributed by atoms with Gasteiger partial charge in [-0.1, -0.05) is 40.7 Å². The number of nitrogens with zero attached hydrogens (tertiary/aromatic N) is 2. The number of carbonyl (C=O) groups is 3. The van der Waals surface area contributed by atoms with Crippen LogP contribution in [0.15, 0.2) is 35.6 Å². The van der Waals surface area contributed by atoms with Crippen molar-refractivity contribution in [3.05, 3.63) is 46.7 Å². The maximum absolute atomic E-state index is 13.3. The van der Waals surface area contributed by atoms with E-state index in [4.69, 9.17) is 4.74 Å². The fourth-order valence-electron chi connectivity index (χ4n) is 4.34. The van der Waals surface area contributed by atoms with E-state index in [2.05, 4.69) is 33.0 Å². The lowest BCUT2D eigenvalue weighted by Crippen LogP contribution is -2.46. The topological polar surface area (TPSA) is 79.0 Å². The summed E-state index contributed by atoms with van der Waals surface area (Å²) in [4.78, 5) is 41.9. The quantitative estimate of drug-likeness (QED) is 0.618. The molecular formula is C28H41N3O4. The Hall–Kier alpha value is -3.09. The maximum atomic E-state index is 13.3. The molecule has 1 atom stereocenters. The highest BCUT2D eigenvalue weighted by atomic mass is 16.5. The minimum absolute atomic E-state index is 0.111. The molecule has 1 aromatic carbocycles. The number of methoxy groups -OCH3 is 1. The third kappa shape index (κ3) is 5.95. The van der Waals surface area contributed by atoms with E-state index in [1.165, 1.54) is 9.80 Å². The highest BCUT2D eigenvalue weighted by molar-refractivity contribution is 6.00. The van der Waals surface area contributed by atoms with Gasteiger partial charge in [0.15, 0.2) is 0 Å². The van der Waals surface area contributed by atoms with E-state index in [1.807, 2.05) is 32.1 Å². The number of benzene rings is 1. The van der Waals surface area contributed by atoms with Crippen LogP contribution in [0, 0.1) is 24.7 Å². The summed E-state index contributed by atoms with van der Waals surface area (Å²) in [6.45, 7) is 13.9. The lowest BCUT2D eigenvalue weighted by atomic mass is 9.62. The molecule has 0 radical (unpaired) electrons. The number of hydrogen-bond acceptors (Lipinski definition) is 4. The van der Waals surface area contributed by atoms with Gasteiger partial charge in [-0.25, -0.2) is 0 Å². The largest absolute Gasteiger partial charge is 0.496 e. The van der Waals surface area contributed by atoms with Crippen LogP contribution < -0.4 is 15.0 Å². The molecule has 1 aliphatic rings. The summed E-state index contributed by atoms with van der Waals surface area (Å²) in [5.74, 6) is 0.196. The average Bonchev–Trinajstić information content (AvgIpc) is 2.76. The highest BCUT2D eigenvalue weighted by Crippen LogP contribution is 2.49. The van der Waals surface area contributed by atoms with Gasteiger partial charge in [-0.2, -0.15) is 0 Å². The summed E-state index contributed by atoms with van der Waals surface area (Å²) in [5, 5.41) is 3.06. The number of allylic oxidation sites excluding steroid dienone is 2. The molecule has 0 aliphatic heterocycles. The molecule has 0 aromatic heterocycles. The molecule has 35 heavy (non-hydrogen) atoms. The second-order valence-corrected chi connectivity index (χ2v) is 10.7. The Morgan fingerprint density at radius 3 is 2.14 bits per heavy atom. The molecule has 0 saturated carbocycles. The van der Waals surface area contributed by atoms with Crippen molar-refractivity contribution in [1.29, 1.82) is 0 Å². The summed E-state index contributed by atoms with van der Waals surface area (Å²) in [5.41, 5.74) is 3.10. The third-order valence-electron chi connectivity index (χ3n) is 7.07. The molecule has 0 fully saturated rings. The molecule has 192 valence electrons. The second-order valence-electron chi connectivity index (χ2n) is 10.7. The van der Waals surface area contributed by atoms with Gasteiger partial charge in [0.05, 0.1) is 7.11 Å². The number of nitrogens with one attached hydrogen (secondary N) is 1. The molecule has 0 heterocycles. The monoisotopic (exact) mass is 483 g/mol. The van der Waals surface area contributed by atoms with Crippen molar-refractivity contribution in [2.24, 2.45) is 10.8 Å². The first-order chi connectivity index (χ1) is 16.2.